The number of nitrogens with zero attached hydrogens (tertiary/aromatic N) is 3. The number of imidazole rings is 1. The Balaban J connectivity index is 1.98. The number of aliphatic hydroxyl groups is 2. The molecule has 1 aliphatic rings. The Bertz CT molecular complexity index is 623. The van der Waals surface area contributed by atoms with Gasteiger partial charge in [0, 0.05) is 19.3 Å². The summed E-state index contributed by atoms with van der Waals surface area (Å²) in [5, 5.41) is 18.7. The molecule has 0 bridgehead atoms. The molecule has 2 atom stereocenters. The molecular weight excluding hydrogens is 248 g/mol. The number of aliphatic hydroxyl groups excluding tert-OH is 2. The largest absolute Gasteiger partial charge is 0.396 e. The van der Waals surface area contributed by atoms with Crippen molar-refractivity contribution in [3.05, 3.63) is 23.0 Å². The number of hydrogen-bond acceptors (Lipinski definition) is 5. The Morgan fingerprint density at radius 1 is 1.26 bits per heavy atom. The molecule has 3 rings (SSSR count). The zero-order valence-electron chi connectivity index (χ0n) is 10.4. The summed E-state index contributed by atoms with van der Waals surface area (Å²) < 4.78 is 1.88. The van der Waals surface area contributed by atoms with Crippen LogP contribution >= 0.6 is 0 Å². The molecule has 2 heterocycles. The predicted molar refractivity (Wildman–Crippen MR) is 67.6 cm³/mol. The van der Waals surface area contributed by atoms with Gasteiger partial charge in [-0.25, -0.2) is 9.97 Å². The van der Waals surface area contributed by atoms with E-state index in [0.717, 1.165) is 12.8 Å². The number of aromatic nitrogens is 4. The number of aromatic amines is 1. The Morgan fingerprint density at radius 3 is 2.58 bits per heavy atom. The van der Waals surface area contributed by atoms with Crippen LogP contribution in [-0.4, -0.2) is 42.9 Å². The van der Waals surface area contributed by atoms with Crippen molar-refractivity contribution in [3.63, 3.8) is 0 Å². The first-order valence-electron chi connectivity index (χ1n) is 6.36. The monoisotopic (exact) mass is 264 g/mol. The summed E-state index contributed by atoms with van der Waals surface area (Å²) in [6.45, 7) is 0.144. The van der Waals surface area contributed by atoms with Gasteiger partial charge < -0.3 is 19.8 Å². The van der Waals surface area contributed by atoms with Crippen LogP contribution in [-0.2, 0) is 0 Å². The zero-order valence-corrected chi connectivity index (χ0v) is 10.4. The summed E-state index contributed by atoms with van der Waals surface area (Å²) in [7, 11) is 0. The third-order valence-electron chi connectivity index (χ3n) is 4.04. The van der Waals surface area contributed by atoms with Crippen LogP contribution in [0.5, 0.6) is 0 Å². The summed E-state index contributed by atoms with van der Waals surface area (Å²) in [5.74, 6) is 0.184. The minimum Gasteiger partial charge on any atom is -0.396 e. The Labute approximate surface area is 108 Å². The normalized spacial score (nSPS) is 24.3. The maximum atomic E-state index is 11.6. The van der Waals surface area contributed by atoms with Crippen molar-refractivity contribution in [3.8, 4) is 0 Å². The molecule has 19 heavy (non-hydrogen) atoms. The average molecular weight is 264 g/mol. The highest BCUT2D eigenvalue weighted by Gasteiger charge is 2.35. The molecule has 2 aromatic rings. The van der Waals surface area contributed by atoms with E-state index in [9.17, 15) is 15.0 Å². The second kappa shape index (κ2) is 4.75. The van der Waals surface area contributed by atoms with E-state index in [1.54, 1.807) is 6.33 Å². The van der Waals surface area contributed by atoms with Crippen molar-refractivity contribution in [1.29, 1.82) is 0 Å². The lowest BCUT2D eigenvalue weighted by Crippen LogP contribution is -2.15. The fraction of sp³-hybridized carbons (Fsp3) is 0.583. The number of rotatable bonds is 3. The molecule has 0 aliphatic heterocycles. The minimum atomic E-state index is -0.251. The van der Waals surface area contributed by atoms with Crippen molar-refractivity contribution in [2.75, 3.05) is 13.2 Å². The maximum Gasteiger partial charge on any atom is 0.278 e. The molecule has 0 aromatic carbocycles. The first-order chi connectivity index (χ1) is 9.24. The fourth-order valence-electron chi connectivity index (χ4n) is 2.98. The lowest BCUT2D eigenvalue weighted by molar-refractivity contribution is 0.141. The summed E-state index contributed by atoms with van der Waals surface area (Å²) in [5.41, 5.74) is 0.638. The van der Waals surface area contributed by atoms with Crippen LogP contribution in [0.1, 0.15) is 18.9 Å². The Morgan fingerprint density at radius 2 is 1.95 bits per heavy atom. The van der Waals surface area contributed by atoms with Gasteiger partial charge in [0.15, 0.2) is 11.2 Å². The first-order valence-corrected chi connectivity index (χ1v) is 6.36. The lowest BCUT2D eigenvalue weighted by atomic mass is 9.98. The van der Waals surface area contributed by atoms with Gasteiger partial charge in [0.25, 0.3) is 5.56 Å². The molecule has 0 amide bonds. The van der Waals surface area contributed by atoms with E-state index in [0.29, 0.717) is 11.2 Å². The number of nitrogens with one attached hydrogen (secondary N) is 1. The molecule has 0 radical (unpaired) electrons. The van der Waals surface area contributed by atoms with Gasteiger partial charge in [-0.05, 0) is 24.7 Å². The van der Waals surface area contributed by atoms with E-state index in [1.165, 1.54) is 6.33 Å². The van der Waals surface area contributed by atoms with Crippen LogP contribution in [0, 0.1) is 11.8 Å². The third kappa shape index (κ3) is 1.95. The molecule has 1 aliphatic carbocycles. The molecule has 3 N–H and O–H groups in total. The Hall–Kier alpha value is -1.73. The lowest BCUT2D eigenvalue weighted by Gasteiger charge is -2.12. The van der Waals surface area contributed by atoms with Crippen molar-refractivity contribution in [2.45, 2.75) is 18.9 Å². The van der Waals surface area contributed by atoms with Gasteiger partial charge in [-0.2, -0.15) is 0 Å². The molecule has 1 fully saturated rings. The zero-order chi connectivity index (χ0) is 13.4. The fourth-order valence-corrected chi connectivity index (χ4v) is 2.98. The summed E-state index contributed by atoms with van der Waals surface area (Å²) in [6.07, 6.45) is 4.51. The van der Waals surface area contributed by atoms with Crippen LogP contribution < -0.4 is 5.56 Å². The summed E-state index contributed by atoms with van der Waals surface area (Å²) >= 11 is 0. The van der Waals surface area contributed by atoms with Gasteiger partial charge in [0.05, 0.1) is 12.7 Å². The molecular formula is C12H16N4O3. The van der Waals surface area contributed by atoms with Gasteiger partial charge >= 0.3 is 0 Å². The van der Waals surface area contributed by atoms with Crippen LogP contribution in [0.2, 0.25) is 0 Å². The molecule has 102 valence electrons. The maximum absolute atomic E-state index is 11.6. The quantitative estimate of drug-likeness (QED) is 0.704. The topological polar surface area (TPSA) is 104 Å². The average Bonchev–Trinajstić information content (AvgIpc) is 3.02. The molecule has 1 saturated carbocycles. The SMILES string of the molecule is O=c1[nH]cnc2c1ncn2C1C[C@@H](CO)[C@H](CO)C1. The van der Waals surface area contributed by atoms with E-state index in [1.807, 2.05) is 4.57 Å². The van der Waals surface area contributed by atoms with Crippen LogP contribution in [0.15, 0.2) is 17.4 Å². The van der Waals surface area contributed by atoms with Gasteiger partial charge in [0.1, 0.15) is 0 Å². The summed E-state index contributed by atoms with van der Waals surface area (Å²) in [4.78, 5) is 22.4. The van der Waals surface area contributed by atoms with Crippen molar-refractivity contribution in [2.24, 2.45) is 11.8 Å². The van der Waals surface area contributed by atoms with Gasteiger partial charge in [0.2, 0.25) is 0 Å². The van der Waals surface area contributed by atoms with E-state index in [4.69, 9.17) is 0 Å². The van der Waals surface area contributed by atoms with E-state index >= 15 is 0 Å². The minimum absolute atomic E-state index is 0.0718. The molecule has 0 unspecified atom stereocenters. The second-order valence-corrected chi connectivity index (χ2v) is 5.07. The third-order valence-corrected chi connectivity index (χ3v) is 4.04. The van der Waals surface area contributed by atoms with E-state index in [2.05, 4.69) is 15.0 Å². The molecule has 2 aromatic heterocycles. The standard InChI is InChI=1S/C12H16N4O3/c17-3-7-1-9(2-8(7)4-18)16-6-15-10-11(16)13-5-14-12(10)19/h5-9,17-18H,1-4H2,(H,13,14,19)/t7-,8-/m0/s1. The molecule has 0 spiro atoms. The second-order valence-electron chi connectivity index (χ2n) is 5.07. The predicted octanol–water partition coefficient (Wildman–Crippen LogP) is -0.329. The first kappa shape index (κ1) is 12.3. The molecule has 7 nitrogen and oxygen atoms in total. The number of fused-ring (bicyclic) bond motifs is 1. The van der Waals surface area contributed by atoms with Crippen LogP contribution in [0.25, 0.3) is 11.2 Å². The summed E-state index contributed by atoms with van der Waals surface area (Å²) in [6, 6.07) is 0.119. The number of hydrogen-bond donors (Lipinski definition) is 3. The highest BCUT2D eigenvalue weighted by molar-refractivity contribution is 5.68. The van der Waals surface area contributed by atoms with Crippen LogP contribution in [0.4, 0.5) is 0 Å². The Kier molecular flexibility index (Phi) is 3.08. The van der Waals surface area contributed by atoms with Gasteiger partial charge in [-0.3, -0.25) is 4.79 Å². The van der Waals surface area contributed by atoms with E-state index in [-0.39, 0.29) is 36.7 Å². The highest BCUT2D eigenvalue weighted by Crippen LogP contribution is 2.39. The number of H-pyrrole nitrogens is 1. The highest BCUT2D eigenvalue weighted by atomic mass is 16.3. The van der Waals surface area contributed by atoms with Crippen molar-refractivity contribution >= 4 is 11.2 Å². The van der Waals surface area contributed by atoms with Gasteiger partial charge in [-0.1, -0.05) is 0 Å². The van der Waals surface area contributed by atoms with Crippen LogP contribution in [0.3, 0.4) is 0 Å². The van der Waals surface area contributed by atoms with Crippen molar-refractivity contribution in [1.82, 2.24) is 19.5 Å². The molecule has 0 saturated heterocycles. The van der Waals surface area contributed by atoms with E-state index < -0.39 is 0 Å². The molecule has 7 heteroatoms. The van der Waals surface area contributed by atoms with Gasteiger partial charge in [-0.15, -0.1) is 0 Å². The van der Waals surface area contributed by atoms with Crippen molar-refractivity contribution < 1.29 is 10.2 Å². The smallest absolute Gasteiger partial charge is 0.278 e.